The van der Waals surface area contributed by atoms with Gasteiger partial charge in [0.2, 0.25) is 22.1 Å². The van der Waals surface area contributed by atoms with Crippen LogP contribution in [0.2, 0.25) is 0 Å². The van der Waals surface area contributed by atoms with Gasteiger partial charge in [-0.3, -0.25) is 9.59 Å². The van der Waals surface area contributed by atoms with Gasteiger partial charge in [0, 0.05) is 29.1 Å². The van der Waals surface area contributed by atoms with Crippen LogP contribution in [0.5, 0.6) is 0 Å². The van der Waals surface area contributed by atoms with Crippen molar-refractivity contribution in [1.29, 1.82) is 0 Å². The van der Waals surface area contributed by atoms with Crippen LogP contribution in [0.25, 0.3) is 5.57 Å². The molecule has 3 atom stereocenters. The van der Waals surface area contributed by atoms with Crippen LogP contribution >= 0.6 is 11.8 Å². The van der Waals surface area contributed by atoms with Crippen LogP contribution in [0.15, 0.2) is 65.6 Å². The number of aliphatic hydroxyl groups is 2. The number of fused-ring (bicyclic) bond motifs is 1. The fourth-order valence-corrected chi connectivity index (χ4v) is 6.81. The van der Waals surface area contributed by atoms with Gasteiger partial charge in [-0.25, -0.2) is 0 Å². The van der Waals surface area contributed by atoms with Crippen molar-refractivity contribution in [1.82, 2.24) is 16.0 Å². The number of carbonyl (C=O) groups is 2. The molecule has 12 heteroatoms. The SMILES string of the molecule is CCNC1C(c2ccc(CN3C(=O)[C@H](NC(=O)CC(C)(C)NC[C@H](O)CO)CCc4cc(SC)ccc43)cc2)=CC=CC1=S(=O)=O. The van der Waals surface area contributed by atoms with E-state index in [0.29, 0.717) is 25.9 Å². The minimum Gasteiger partial charge on any atom is -0.394 e. The number of rotatable bonds is 13. The first-order valence-corrected chi connectivity index (χ1v) is 17.7. The minimum absolute atomic E-state index is 0.0813. The second-order valence-corrected chi connectivity index (χ2v) is 14.0. The highest BCUT2D eigenvalue weighted by molar-refractivity contribution is 7.98. The summed E-state index contributed by atoms with van der Waals surface area (Å²) < 4.78 is 23.8. The molecule has 46 heavy (non-hydrogen) atoms. The van der Waals surface area contributed by atoms with E-state index in [1.165, 1.54) is 0 Å². The maximum Gasteiger partial charge on any atom is 0.249 e. The molecule has 10 nitrogen and oxygen atoms in total. The number of nitrogens with one attached hydrogen (secondary N) is 3. The number of nitrogens with zero attached hydrogens (tertiary/aromatic N) is 1. The summed E-state index contributed by atoms with van der Waals surface area (Å²) in [5.41, 5.74) is 3.80. The number of carbonyl (C=O) groups excluding carboxylic acids is 2. The summed E-state index contributed by atoms with van der Waals surface area (Å²) in [4.78, 5) is 30.4. The van der Waals surface area contributed by atoms with Crippen LogP contribution in [0.3, 0.4) is 0 Å². The van der Waals surface area contributed by atoms with Gasteiger partial charge in [-0.1, -0.05) is 43.3 Å². The van der Waals surface area contributed by atoms with Crippen LogP contribution in [0.4, 0.5) is 5.69 Å². The molecule has 0 saturated carbocycles. The van der Waals surface area contributed by atoms with Gasteiger partial charge < -0.3 is 31.1 Å². The molecule has 248 valence electrons. The van der Waals surface area contributed by atoms with Crippen molar-refractivity contribution >= 4 is 50.0 Å². The number of allylic oxidation sites excluding steroid dienone is 2. The molecule has 0 saturated heterocycles. The first-order valence-electron chi connectivity index (χ1n) is 15.4. The van der Waals surface area contributed by atoms with Crippen LogP contribution in [-0.2, 0) is 32.8 Å². The molecule has 1 aliphatic heterocycles. The molecule has 0 aromatic heterocycles. The van der Waals surface area contributed by atoms with E-state index in [-0.39, 0.29) is 36.3 Å². The lowest BCUT2D eigenvalue weighted by Crippen LogP contribution is -2.51. The van der Waals surface area contributed by atoms with E-state index >= 15 is 0 Å². The lowest BCUT2D eigenvalue weighted by atomic mass is 9.91. The van der Waals surface area contributed by atoms with Crippen LogP contribution in [0, 0.1) is 0 Å². The molecule has 0 spiro atoms. The molecule has 4 rings (SSSR count). The molecule has 2 aliphatic rings. The Morgan fingerprint density at radius 1 is 1.17 bits per heavy atom. The smallest absolute Gasteiger partial charge is 0.249 e. The second-order valence-electron chi connectivity index (χ2n) is 12.2. The fraction of sp³-hybridized carbons (Fsp3) is 0.441. The highest BCUT2D eigenvalue weighted by Gasteiger charge is 2.33. The van der Waals surface area contributed by atoms with Gasteiger partial charge in [0.05, 0.1) is 30.2 Å². The second kappa shape index (κ2) is 16.0. The topological polar surface area (TPSA) is 148 Å². The van der Waals surface area contributed by atoms with Gasteiger partial charge >= 0.3 is 0 Å². The van der Waals surface area contributed by atoms with E-state index in [1.54, 1.807) is 28.8 Å². The van der Waals surface area contributed by atoms with E-state index in [9.17, 15) is 23.1 Å². The molecule has 2 aromatic carbocycles. The molecule has 5 N–H and O–H groups in total. The third-order valence-electron chi connectivity index (χ3n) is 8.17. The first kappa shape index (κ1) is 35.6. The highest BCUT2D eigenvalue weighted by Crippen LogP contribution is 2.32. The van der Waals surface area contributed by atoms with Gasteiger partial charge in [-0.2, -0.15) is 8.42 Å². The molecular weight excluding hydrogens is 625 g/mol. The molecule has 0 fully saturated rings. The predicted molar refractivity (Wildman–Crippen MR) is 184 cm³/mol. The number of amides is 2. The summed E-state index contributed by atoms with van der Waals surface area (Å²) in [6.45, 7) is 6.25. The molecule has 1 aliphatic carbocycles. The lowest BCUT2D eigenvalue weighted by molar-refractivity contribution is -0.128. The Labute approximate surface area is 276 Å². The van der Waals surface area contributed by atoms with Gasteiger partial charge in [0.15, 0.2) is 0 Å². The van der Waals surface area contributed by atoms with Gasteiger partial charge in [-0.15, -0.1) is 11.8 Å². The zero-order valence-electron chi connectivity index (χ0n) is 26.7. The lowest BCUT2D eigenvalue weighted by Gasteiger charge is -2.29. The molecule has 1 unspecified atom stereocenters. The summed E-state index contributed by atoms with van der Waals surface area (Å²) in [5.74, 6) is -0.478. The van der Waals surface area contributed by atoms with E-state index in [2.05, 4.69) is 22.0 Å². The van der Waals surface area contributed by atoms with E-state index in [0.717, 1.165) is 32.8 Å². The zero-order valence-corrected chi connectivity index (χ0v) is 28.4. The summed E-state index contributed by atoms with van der Waals surface area (Å²) in [6, 6.07) is 12.7. The zero-order chi connectivity index (χ0) is 33.4. The Bertz CT molecular complexity index is 1610. The van der Waals surface area contributed by atoms with Gasteiger partial charge in [0.1, 0.15) is 6.04 Å². The normalized spacial score (nSPS) is 18.9. The number of anilines is 1. The first-order chi connectivity index (χ1) is 22.0. The van der Waals surface area contributed by atoms with Crippen molar-refractivity contribution in [2.45, 2.75) is 75.2 Å². The number of benzene rings is 2. The molecule has 2 amide bonds. The summed E-state index contributed by atoms with van der Waals surface area (Å²) in [5, 5.41) is 28.2. The van der Waals surface area contributed by atoms with E-state index < -0.39 is 34.0 Å². The highest BCUT2D eigenvalue weighted by atomic mass is 32.2. The van der Waals surface area contributed by atoms with Crippen molar-refractivity contribution in [3.8, 4) is 0 Å². The summed E-state index contributed by atoms with van der Waals surface area (Å²) >= 11 is 1.63. The molecule has 1 heterocycles. The standard InChI is InChI=1S/C34H44N4O6S2/c1-5-35-32-27(7-6-8-30(32)46(43)44)23-11-9-22(10-12-23)20-38-29-16-14-26(45-4)17-24(29)13-15-28(33(38)42)37-31(41)18-34(2,3)36-19-25(40)21-39/h6-12,14,16-17,25,28,32,35-36,39-40H,5,13,15,18-21H2,1-4H3,(H,37,41)/t25-,28+,32?/m0/s1. The Kier molecular flexibility index (Phi) is 12.4. The van der Waals surface area contributed by atoms with Crippen molar-refractivity contribution in [3.63, 3.8) is 0 Å². The third-order valence-corrected chi connectivity index (χ3v) is 9.65. The van der Waals surface area contributed by atoms with Crippen molar-refractivity contribution in [2.75, 3.05) is 30.9 Å². The molecule has 0 bridgehead atoms. The van der Waals surface area contributed by atoms with Crippen LogP contribution in [0.1, 0.15) is 50.3 Å². The number of thioether (sulfide) groups is 1. The number of likely N-dealkylation sites (N-methyl/N-ethyl adjacent to an activating group) is 1. The minimum atomic E-state index is -2.36. The maximum atomic E-state index is 14.1. The Hall–Kier alpha value is -3.26. The van der Waals surface area contributed by atoms with Crippen LogP contribution < -0.4 is 20.9 Å². The predicted octanol–water partition coefficient (Wildman–Crippen LogP) is 2.47. The maximum absolute atomic E-state index is 14.1. The van der Waals surface area contributed by atoms with Gasteiger partial charge in [0.25, 0.3) is 0 Å². The van der Waals surface area contributed by atoms with E-state index in [4.69, 9.17) is 5.11 Å². The van der Waals surface area contributed by atoms with E-state index in [1.807, 2.05) is 69.5 Å². The average molecular weight is 669 g/mol. The number of hydrogen-bond acceptors (Lipinski definition) is 9. The average Bonchev–Trinajstić information content (AvgIpc) is 3.15. The fourth-order valence-electron chi connectivity index (χ4n) is 5.75. The third kappa shape index (κ3) is 8.96. The van der Waals surface area contributed by atoms with Crippen molar-refractivity contribution in [3.05, 3.63) is 77.4 Å². The number of aliphatic hydroxyl groups excluding tert-OH is 2. The Morgan fingerprint density at radius 2 is 1.91 bits per heavy atom. The number of hydrogen-bond donors (Lipinski definition) is 5. The summed E-state index contributed by atoms with van der Waals surface area (Å²) in [6.07, 6.45) is 7.49. The monoisotopic (exact) mass is 668 g/mol. The Balaban J connectivity index is 1.56. The Morgan fingerprint density at radius 3 is 2.57 bits per heavy atom. The van der Waals surface area contributed by atoms with Gasteiger partial charge in [-0.05, 0) is 86.0 Å². The van der Waals surface area contributed by atoms with Crippen molar-refractivity contribution < 1.29 is 28.2 Å². The molecule has 0 radical (unpaired) electrons. The van der Waals surface area contributed by atoms with Crippen molar-refractivity contribution in [2.24, 2.45) is 0 Å². The summed E-state index contributed by atoms with van der Waals surface area (Å²) in [7, 11) is -2.36. The molecule has 2 aromatic rings. The number of β-amino-alcohol motifs (C(OH)–C–C–N with tert-alkyl or cyclic N) is 1. The number of aryl methyl sites for hydroxylation is 1. The van der Waals surface area contributed by atoms with Crippen LogP contribution in [-0.4, -0.2) is 85.0 Å². The largest absolute Gasteiger partial charge is 0.394 e. The quantitative estimate of drug-likeness (QED) is 0.160. The molecular formula is C34H44N4O6S2.